The van der Waals surface area contributed by atoms with E-state index >= 15 is 0 Å². The summed E-state index contributed by atoms with van der Waals surface area (Å²) in [4.78, 5) is 0. The molecular formula is C16H14BrFO. The van der Waals surface area contributed by atoms with Gasteiger partial charge < -0.3 is 5.11 Å². The molecule has 1 N–H and O–H groups in total. The number of aliphatic hydroxyl groups is 1. The second-order valence-electron chi connectivity index (χ2n) is 5.11. The predicted octanol–water partition coefficient (Wildman–Crippen LogP) is 3.96. The number of halogens is 2. The Kier molecular flexibility index (Phi) is 3.19. The third-order valence-corrected chi connectivity index (χ3v) is 4.41. The maximum Gasteiger partial charge on any atom is 0.137 e. The van der Waals surface area contributed by atoms with Crippen molar-refractivity contribution in [3.63, 3.8) is 0 Å². The molecule has 2 aromatic carbocycles. The van der Waals surface area contributed by atoms with E-state index in [0.29, 0.717) is 10.9 Å². The maximum atomic E-state index is 13.2. The molecule has 0 radical (unpaired) electrons. The molecule has 0 spiro atoms. The van der Waals surface area contributed by atoms with Crippen molar-refractivity contribution in [3.05, 3.63) is 69.4 Å². The first kappa shape index (κ1) is 12.8. The molecule has 98 valence electrons. The van der Waals surface area contributed by atoms with Gasteiger partial charge in [0.25, 0.3) is 0 Å². The minimum absolute atomic E-state index is 0.275. The molecule has 1 atom stereocenters. The highest BCUT2D eigenvalue weighted by atomic mass is 79.9. The molecule has 1 aliphatic carbocycles. The third kappa shape index (κ3) is 2.33. The first-order valence-electron chi connectivity index (χ1n) is 6.33. The monoisotopic (exact) mass is 320 g/mol. The molecule has 0 saturated carbocycles. The minimum Gasteiger partial charge on any atom is -0.385 e. The lowest BCUT2D eigenvalue weighted by Gasteiger charge is -2.24. The lowest BCUT2D eigenvalue weighted by Crippen LogP contribution is -2.25. The highest BCUT2D eigenvalue weighted by Gasteiger charge is 2.36. The zero-order valence-electron chi connectivity index (χ0n) is 10.4. The Morgan fingerprint density at radius 2 is 2.00 bits per heavy atom. The largest absolute Gasteiger partial charge is 0.385 e. The molecule has 3 rings (SSSR count). The molecule has 0 fully saturated rings. The lowest BCUT2D eigenvalue weighted by atomic mass is 9.89. The minimum atomic E-state index is -0.826. The van der Waals surface area contributed by atoms with Crippen LogP contribution in [0.1, 0.15) is 23.1 Å². The second kappa shape index (κ2) is 4.73. The van der Waals surface area contributed by atoms with Gasteiger partial charge in [0.2, 0.25) is 0 Å². The molecule has 1 aliphatic rings. The van der Waals surface area contributed by atoms with Crippen LogP contribution < -0.4 is 0 Å². The van der Waals surface area contributed by atoms with E-state index in [0.717, 1.165) is 24.0 Å². The Hall–Kier alpha value is -1.19. The molecule has 2 aromatic rings. The topological polar surface area (TPSA) is 20.2 Å². The summed E-state index contributed by atoms with van der Waals surface area (Å²) in [6.45, 7) is 0. The average molecular weight is 321 g/mol. The maximum absolute atomic E-state index is 13.2. The number of rotatable bonds is 2. The molecule has 0 aliphatic heterocycles. The molecule has 0 bridgehead atoms. The summed E-state index contributed by atoms with van der Waals surface area (Å²) in [6.07, 6.45) is 2.14. The van der Waals surface area contributed by atoms with E-state index in [4.69, 9.17) is 0 Å². The van der Waals surface area contributed by atoms with Crippen molar-refractivity contribution in [2.45, 2.75) is 24.9 Å². The molecule has 0 heterocycles. The Labute approximate surface area is 120 Å². The molecule has 0 aromatic heterocycles. The Morgan fingerprint density at radius 3 is 2.79 bits per heavy atom. The van der Waals surface area contributed by atoms with E-state index in [2.05, 4.69) is 22.0 Å². The fourth-order valence-corrected chi connectivity index (χ4v) is 3.27. The number of hydrogen-bond acceptors (Lipinski definition) is 1. The molecular weight excluding hydrogens is 307 g/mol. The van der Waals surface area contributed by atoms with Gasteiger partial charge in [-0.05, 0) is 57.6 Å². The normalized spacial score (nSPS) is 21.4. The number of benzene rings is 2. The van der Waals surface area contributed by atoms with Crippen LogP contribution in [0.4, 0.5) is 4.39 Å². The van der Waals surface area contributed by atoms with E-state index in [1.54, 1.807) is 12.1 Å². The van der Waals surface area contributed by atoms with Gasteiger partial charge in [-0.15, -0.1) is 0 Å². The van der Waals surface area contributed by atoms with Crippen molar-refractivity contribution in [1.82, 2.24) is 0 Å². The van der Waals surface area contributed by atoms with Crippen molar-refractivity contribution >= 4 is 15.9 Å². The summed E-state index contributed by atoms with van der Waals surface area (Å²) in [5, 5.41) is 10.8. The molecule has 1 unspecified atom stereocenters. The van der Waals surface area contributed by atoms with Gasteiger partial charge in [-0.2, -0.15) is 0 Å². The fraction of sp³-hybridized carbons (Fsp3) is 0.250. The van der Waals surface area contributed by atoms with Crippen LogP contribution in [-0.2, 0) is 18.4 Å². The van der Waals surface area contributed by atoms with E-state index in [1.165, 1.54) is 11.6 Å². The van der Waals surface area contributed by atoms with Crippen LogP contribution >= 0.6 is 15.9 Å². The van der Waals surface area contributed by atoms with Crippen LogP contribution in [0.3, 0.4) is 0 Å². The highest BCUT2D eigenvalue weighted by Crippen LogP contribution is 2.39. The van der Waals surface area contributed by atoms with Crippen molar-refractivity contribution in [3.8, 4) is 0 Å². The van der Waals surface area contributed by atoms with E-state index in [9.17, 15) is 9.50 Å². The van der Waals surface area contributed by atoms with Gasteiger partial charge in [0, 0.05) is 6.42 Å². The number of fused-ring (bicyclic) bond motifs is 1. The van der Waals surface area contributed by atoms with Crippen LogP contribution in [0.2, 0.25) is 0 Å². The lowest BCUT2D eigenvalue weighted by molar-refractivity contribution is 0.0389. The van der Waals surface area contributed by atoms with E-state index in [1.807, 2.05) is 18.2 Å². The average Bonchev–Trinajstić information content (AvgIpc) is 2.73. The van der Waals surface area contributed by atoms with Crippen molar-refractivity contribution < 1.29 is 9.50 Å². The first-order valence-corrected chi connectivity index (χ1v) is 7.12. The zero-order valence-corrected chi connectivity index (χ0v) is 12.0. The quantitative estimate of drug-likeness (QED) is 0.887. The summed E-state index contributed by atoms with van der Waals surface area (Å²) >= 11 is 3.19. The van der Waals surface area contributed by atoms with Gasteiger partial charge in [0.1, 0.15) is 5.82 Å². The van der Waals surface area contributed by atoms with Gasteiger partial charge in [-0.25, -0.2) is 4.39 Å². The Morgan fingerprint density at radius 1 is 1.21 bits per heavy atom. The van der Waals surface area contributed by atoms with Gasteiger partial charge in [0.15, 0.2) is 0 Å². The van der Waals surface area contributed by atoms with Crippen LogP contribution in [0, 0.1) is 5.82 Å². The fourth-order valence-electron chi connectivity index (χ4n) is 2.84. The molecule has 1 nitrogen and oxygen atoms in total. The van der Waals surface area contributed by atoms with Gasteiger partial charge in [0.05, 0.1) is 10.1 Å². The zero-order chi connectivity index (χ0) is 13.5. The standard InChI is InChI=1S/C16H14BrFO/c17-14-9-11(5-6-15(14)18)10-16(19)8-7-12-3-1-2-4-13(12)16/h1-6,9,19H,7-8,10H2. The van der Waals surface area contributed by atoms with Crippen LogP contribution in [0.5, 0.6) is 0 Å². The first-order chi connectivity index (χ1) is 9.08. The highest BCUT2D eigenvalue weighted by molar-refractivity contribution is 9.10. The van der Waals surface area contributed by atoms with E-state index in [-0.39, 0.29) is 5.82 Å². The van der Waals surface area contributed by atoms with Crippen molar-refractivity contribution in [2.24, 2.45) is 0 Å². The Bertz CT molecular complexity index is 626. The predicted molar refractivity (Wildman–Crippen MR) is 76.5 cm³/mol. The summed E-state index contributed by atoms with van der Waals surface area (Å²) in [7, 11) is 0. The van der Waals surface area contributed by atoms with Gasteiger partial charge >= 0.3 is 0 Å². The summed E-state index contributed by atoms with van der Waals surface area (Å²) < 4.78 is 13.7. The van der Waals surface area contributed by atoms with Gasteiger partial charge in [-0.1, -0.05) is 30.3 Å². The molecule has 0 saturated heterocycles. The van der Waals surface area contributed by atoms with Crippen molar-refractivity contribution in [1.29, 1.82) is 0 Å². The van der Waals surface area contributed by atoms with Gasteiger partial charge in [-0.3, -0.25) is 0 Å². The number of aryl methyl sites for hydroxylation is 1. The van der Waals surface area contributed by atoms with Crippen molar-refractivity contribution in [2.75, 3.05) is 0 Å². The van der Waals surface area contributed by atoms with Crippen LogP contribution in [-0.4, -0.2) is 5.11 Å². The second-order valence-corrected chi connectivity index (χ2v) is 5.97. The summed E-state index contributed by atoms with van der Waals surface area (Å²) in [5.74, 6) is -0.275. The Balaban J connectivity index is 1.93. The molecule has 0 amide bonds. The summed E-state index contributed by atoms with van der Waals surface area (Å²) in [5.41, 5.74) is 2.34. The SMILES string of the molecule is OC1(Cc2ccc(F)c(Br)c2)CCc2ccccc21. The molecule has 19 heavy (non-hydrogen) atoms. The van der Waals surface area contributed by atoms with Crippen LogP contribution in [0.25, 0.3) is 0 Å². The molecule has 3 heteroatoms. The van der Waals surface area contributed by atoms with E-state index < -0.39 is 5.60 Å². The smallest absolute Gasteiger partial charge is 0.137 e. The number of hydrogen-bond donors (Lipinski definition) is 1. The van der Waals surface area contributed by atoms with Crippen LogP contribution in [0.15, 0.2) is 46.9 Å². The summed E-state index contributed by atoms with van der Waals surface area (Å²) in [6, 6.07) is 12.9. The third-order valence-electron chi connectivity index (χ3n) is 3.81.